The molecule has 3 N–H and O–H groups in total. The Kier molecular flexibility index (Phi) is 7.55. The molecular formula is C21H23N5O5. The van der Waals surface area contributed by atoms with Gasteiger partial charge in [-0.2, -0.15) is 0 Å². The summed E-state index contributed by atoms with van der Waals surface area (Å²) < 4.78 is 16.8. The third-order valence-electron chi connectivity index (χ3n) is 3.95. The Labute approximate surface area is 179 Å². The average Bonchev–Trinajstić information content (AvgIpc) is 2.79. The molecule has 3 rings (SSSR count). The van der Waals surface area contributed by atoms with Gasteiger partial charge in [0.05, 0.1) is 25.6 Å². The lowest BCUT2D eigenvalue weighted by molar-refractivity contribution is 0.196. The van der Waals surface area contributed by atoms with Crippen molar-refractivity contribution in [3.8, 4) is 34.3 Å². The van der Waals surface area contributed by atoms with Crippen LogP contribution in [0, 0.1) is 0 Å². The van der Waals surface area contributed by atoms with Crippen LogP contribution in [0.15, 0.2) is 49.1 Å². The number of aromatic nitrogens is 3. The molecule has 0 unspecified atom stereocenters. The van der Waals surface area contributed by atoms with E-state index >= 15 is 0 Å². The van der Waals surface area contributed by atoms with Crippen molar-refractivity contribution in [2.75, 3.05) is 32.2 Å². The van der Waals surface area contributed by atoms with Crippen LogP contribution in [0.2, 0.25) is 0 Å². The average molecular weight is 425 g/mol. The number of amides is 2. The monoisotopic (exact) mass is 425 g/mol. The SMILES string of the molecule is CCOc1cncc(Oc2cc(NC(=O)NC)ncc2-c2ccc(OCCO)nc2)c1. The van der Waals surface area contributed by atoms with Gasteiger partial charge in [-0.3, -0.25) is 10.3 Å². The Hall–Kier alpha value is -3.92. The van der Waals surface area contributed by atoms with E-state index in [9.17, 15) is 4.79 Å². The van der Waals surface area contributed by atoms with Crippen molar-refractivity contribution < 1.29 is 24.1 Å². The minimum Gasteiger partial charge on any atom is -0.492 e. The van der Waals surface area contributed by atoms with Crippen molar-refractivity contribution >= 4 is 11.8 Å². The number of aliphatic hydroxyl groups excluding tert-OH is 1. The van der Waals surface area contributed by atoms with Crippen LogP contribution in [0.4, 0.5) is 10.6 Å². The minimum absolute atomic E-state index is 0.0972. The lowest BCUT2D eigenvalue weighted by Gasteiger charge is -2.14. The van der Waals surface area contributed by atoms with E-state index in [0.29, 0.717) is 41.1 Å². The second-order valence-electron chi connectivity index (χ2n) is 6.12. The van der Waals surface area contributed by atoms with Crippen molar-refractivity contribution in [1.29, 1.82) is 0 Å². The molecule has 0 saturated carbocycles. The number of pyridine rings is 3. The number of ether oxygens (including phenoxy) is 3. The number of carbonyl (C=O) groups is 1. The molecule has 3 aromatic heterocycles. The van der Waals surface area contributed by atoms with Gasteiger partial charge in [0, 0.05) is 48.8 Å². The lowest BCUT2D eigenvalue weighted by atomic mass is 10.1. The van der Waals surface area contributed by atoms with Gasteiger partial charge in [-0.05, 0) is 13.0 Å². The van der Waals surface area contributed by atoms with Crippen LogP contribution in [-0.4, -0.2) is 53.0 Å². The Balaban J connectivity index is 1.94. The maximum atomic E-state index is 11.7. The Bertz CT molecular complexity index is 1010. The number of aliphatic hydroxyl groups is 1. The highest BCUT2D eigenvalue weighted by atomic mass is 16.5. The van der Waals surface area contributed by atoms with Gasteiger partial charge in [0.15, 0.2) is 0 Å². The first-order chi connectivity index (χ1) is 15.1. The van der Waals surface area contributed by atoms with Crippen LogP contribution in [0.3, 0.4) is 0 Å². The van der Waals surface area contributed by atoms with Crippen LogP contribution in [0.25, 0.3) is 11.1 Å². The van der Waals surface area contributed by atoms with Gasteiger partial charge in [0.1, 0.15) is 29.7 Å². The molecule has 3 heterocycles. The van der Waals surface area contributed by atoms with Gasteiger partial charge in [-0.1, -0.05) is 0 Å². The Morgan fingerprint density at radius 1 is 1.06 bits per heavy atom. The molecule has 0 bridgehead atoms. The highest BCUT2D eigenvalue weighted by molar-refractivity contribution is 5.88. The van der Waals surface area contributed by atoms with Crippen LogP contribution in [-0.2, 0) is 0 Å². The number of nitrogens with one attached hydrogen (secondary N) is 2. The molecule has 0 spiro atoms. The van der Waals surface area contributed by atoms with Gasteiger partial charge in [0.25, 0.3) is 0 Å². The van der Waals surface area contributed by atoms with Crippen LogP contribution in [0.1, 0.15) is 6.92 Å². The maximum absolute atomic E-state index is 11.7. The molecule has 0 aliphatic rings. The smallest absolute Gasteiger partial charge is 0.320 e. The fourth-order valence-corrected chi connectivity index (χ4v) is 2.59. The third-order valence-corrected chi connectivity index (χ3v) is 3.95. The van der Waals surface area contributed by atoms with Crippen LogP contribution >= 0.6 is 0 Å². The van der Waals surface area contributed by atoms with Gasteiger partial charge in [-0.25, -0.2) is 14.8 Å². The summed E-state index contributed by atoms with van der Waals surface area (Å²) in [6.45, 7) is 2.44. The summed E-state index contributed by atoms with van der Waals surface area (Å²) >= 11 is 0. The zero-order valence-corrected chi connectivity index (χ0v) is 17.2. The minimum atomic E-state index is -0.404. The highest BCUT2D eigenvalue weighted by Gasteiger charge is 2.13. The molecule has 10 nitrogen and oxygen atoms in total. The normalized spacial score (nSPS) is 10.3. The summed E-state index contributed by atoms with van der Waals surface area (Å²) in [6, 6.07) is 6.40. The zero-order valence-electron chi connectivity index (χ0n) is 17.2. The van der Waals surface area contributed by atoms with Gasteiger partial charge < -0.3 is 24.6 Å². The van der Waals surface area contributed by atoms with E-state index < -0.39 is 6.03 Å². The zero-order chi connectivity index (χ0) is 22.1. The molecule has 3 aromatic rings. The Morgan fingerprint density at radius 2 is 1.90 bits per heavy atom. The second-order valence-corrected chi connectivity index (χ2v) is 6.12. The summed E-state index contributed by atoms with van der Waals surface area (Å²) in [5.74, 6) is 2.16. The summed E-state index contributed by atoms with van der Waals surface area (Å²) in [7, 11) is 1.51. The predicted molar refractivity (Wildman–Crippen MR) is 114 cm³/mol. The molecule has 0 fully saturated rings. The predicted octanol–water partition coefficient (Wildman–Crippen LogP) is 2.85. The number of hydrogen-bond acceptors (Lipinski definition) is 8. The Morgan fingerprint density at radius 3 is 2.61 bits per heavy atom. The molecule has 0 aliphatic carbocycles. The molecule has 0 aliphatic heterocycles. The number of carbonyl (C=O) groups excluding carboxylic acids is 1. The van der Waals surface area contributed by atoms with E-state index in [4.69, 9.17) is 19.3 Å². The third kappa shape index (κ3) is 6.03. The molecule has 0 atom stereocenters. The van der Waals surface area contributed by atoms with Crippen molar-refractivity contribution in [1.82, 2.24) is 20.3 Å². The van der Waals surface area contributed by atoms with E-state index in [1.165, 1.54) is 7.05 Å². The number of rotatable bonds is 9. The molecule has 2 amide bonds. The van der Waals surface area contributed by atoms with E-state index in [1.807, 2.05) is 6.92 Å². The molecule has 162 valence electrons. The van der Waals surface area contributed by atoms with Crippen molar-refractivity contribution in [2.45, 2.75) is 6.92 Å². The fraction of sp³-hybridized carbons (Fsp3) is 0.238. The van der Waals surface area contributed by atoms with Gasteiger partial charge in [0.2, 0.25) is 5.88 Å². The standard InChI is InChI=1S/C21H23N5O5/c1-3-29-15-8-16(12-23-11-15)31-18-9-19(26-21(28)22-2)24-13-17(18)14-4-5-20(25-10-14)30-7-6-27/h4-5,8-13,27H,3,6-7H2,1-2H3,(H2,22,24,26,28). The summed E-state index contributed by atoms with van der Waals surface area (Å²) in [6.07, 6.45) is 6.34. The molecule has 0 aromatic carbocycles. The van der Waals surface area contributed by atoms with E-state index in [1.54, 1.807) is 49.1 Å². The quantitative estimate of drug-likeness (QED) is 0.477. The molecule has 0 saturated heterocycles. The summed E-state index contributed by atoms with van der Waals surface area (Å²) in [5.41, 5.74) is 1.37. The van der Waals surface area contributed by atoms with Crippen LogP contribution < -0.4 is 24.8 Å². The lowest BCUT2D eigenvalue weighted by Crippen LogP contribution is -2.24. The first-order valence-corrected chi connectivity index (χ1v) is 9.57. The van der Waals surface area contributed by atoms with Gasteiger partial charge in [-0.15, -0.1) is 0 Å². The highest BCUT2D eigenvalue weighted by Crippen LogP contribution is 2.35. The van der Waals surface area contributed by atoms with E-state index in [-0.39, 0.29) is 13.2 Å². The van der Waals surface area contributed by atoms with Crippen molar-refractivity contribution in [3.63, 3.8) is 0 Å². The van der Waals surface area contributed by atoms with Crippen molar-refractivity contribution in [3.05, 3.63) is 49.1 Å². The first kappa shape index (κ1) is 21.8. The number of nitrogens with zero attached hydrogens (tertiary/aromatic N) is 3. The first-order valence-electron chi connectivity index (χ1n) is 9.57. The van der Waals surface area contributed by atoms with Gasteiger partial charge >= 0.3 is 6.03 Å². The number of hydrogen-bond donors (Lipinski definition) is 3. The molecular weight excluding hydrogens is 402 g/mol. The molecule has 10 heteroatoms. The fourth-order valence-electron chi connectivity index (χ4n) is 2.59. The van der Waals surface area contributed by atoms with Crippen molar-refractivity contribution in [2.24, 2.45) is 0 Å². The second kappa shape index (κ2) is 10.7. The molecule has 31 heavy (non-hydrogen) atoms. The number of anilines is 1. The summed E-state index contributed by atoms with van der Waals surface area (Å²) in [4.78, 5) is 24.3. The molecule has 0 radical (unpaired) electrons. The topological polar surface area (TPSA) is 128 Å². The maximum Gasteiger partial charge on any atom is 0.320 e. The van der Waals surface area contributed by atoms with Crippen LogP contribution in [0.5, 0.6) is 23.1 Å². The summed E-state index contributed by atoms with van der Waals surface area (Å²) in [5, 5.41) is 14.0. The number of urea groups is 1. The van der Waals surface area contributed by atoms with E-state index in [2.05, 4.69) is 25.6 Å². The largest absolute Gasteiger partial charge is 0.492 e. The van der Waals surface area contributed by atoms with E-state index in [0.717, 1.165) is 5.56 Å².